The van der Waals surface area contributed by atoms with Gasteiger partial charge in [-0.2, -0.15) is 0 Å². The van der Waals surface area contributed by atoms with Crippen molar-refractivity contribution in [1.29, 1.82) is 0 Å². The van der Waals surface area contributed by atoms with Gasteiger partial charge >= 0.3 is 6.36 Å². The molecule has 0 unspecified atom stereocenters. The lowest BCUT2D eigenvalue weighted by molar-refractivity contribution is -0.274. The van der Waals surface area contributed by atoms with Gasteiger partial charge in [0.05, 0.1) is 6.54 Å². The van der Waals surface area contributed by atoms with Crippen molar-refractivity contribution < 1.29 is 36.7 Å². The van der Waals surface area contributed by atoms with E-state index in [1.165, 1.54) is 18.4 Å². The number of nitrogens with zero attached hydrogens (tertiary/aromatic N) is 1. The molecule has 0 saturated heterocycles. The van der Waals surface area contributed by atoms with E-state index >= 15 is 0 Å². The quantitative estimate of drug-likeness (QED) is 0.440. The monoisotopic (exact) mass is 497 g/mol. The number of halogens is 4. The van der Waals surface area contributed by atoms with Gasteiger partial charge in [0, 0.05) is 11.6 Å². The molecule has 12 heteroatoms. The summed E-state index contributed by atoms with van der Waals surface area (Å²) in [6.07, 6.45) is -3.07. The molecule has 0 radical (unpaired) electrons. The van der Waals surface area contributed by atoms with Crippen LogP contribution in [0.25, 0.3) is 0 Å². The number of carbonyl (C=O) groups is 2. The summed E-state index contributed by atoms with van der Waals surface area (Å²) in [4.78, 5) is 28.1. The predicted octanol–water partition coefficient (Wildman–Crippen LogP) is 3.89. The number of carbonyl (C=O) groups excluding carboxylic acids is 2. The molecule has 0 aliphatic rings. The van der Waals surface area contributed by atoms with Crippen molar-refractivity contribution in [2.24, 2.45) is 0 Å². The van der Waals surface area contributed by atoms with E-state index < -0.39 is 30.5 Å². The van der Waals surface area contributed by atoms with Gasteiger partial charge in [-0.15, -0.1) is 13.2 Å². The highest BCUT2D eigenvalue weighted by atomic mass is 35.5. The van der Waals surface area contributed by atoms with E-state index in [1.54, 1.807) is 6.07 Å². The first-order chi connectivity index (χ1) is 16.2. The van der Waals surface area contributed by atoms with Gasteiger partial charge < -0.3 is 24.5 Å². The Labute approximate surface area is 197 Å². The second-order valence-corrected chi connectivity index (χ2v) is 7.22. The largest absolute Gasteiger partial charge is 0.573 e. The number of rotatable bonds is 10. The lowest BCUT2D eigenvalue weighted by Crippen LogP contribution is -2.29. The van der Waals surface area contributed by atoms with Crippen molar-refractivity contribution in [2.45, 2.75) is 19.3 Å². The molecule has 2 aromatic carbocycles. The molecule has 1 aromatic heterocycles. The molecule has 2 N–H and O–H groups in total. The molecule has 1 heterocycles. The molecule has 0 aliphatic heterocycles. The molecule has 0 bridgehead atoms. The zero-order chi connectivity index (χ0) is 24.6. The summed E-state index contributed by atoms with van der Waals surface area (Å²) in [5.74, 6) is -1.08. The second kappa shape index (κ2) is 11.4. The summed E-state index contributed by atoms with van der Waals surface area (Å²) in [5, 5.41) is 5.82. The third-order valence-corrected chi connectivity index (χ3v) is 4.65. The lowest BCUT2D eigenvalue weighted by atomic mass is 10.1. The van der Waals surface area contributed by atoms with Crippen LogP contribution in [-0.4, -0.2) is 36.3 Å². The average Bonchev–Trinajstić information content (AvgIpc) is 3.27. The predicted molar refractivity (Wildman–Crippen MR) is 114 cm³/mol. The zero-order valence-electron chi connectivity index (χ0n) is 17.5. The molecule has 3 rings (SSSR count). The molecule has 0 aliphatic carbocycles. The van der Waals surface area contributed by atoms with Crippen LogP contribution >= 0.6 is 11.6 Å². The Kier molecular flexibility index (Phi) is 8.36. The summed E-state index contributed by atoms with van der Waals surface area (Å²) in [6.45, 7) is -0.134. The number of hydrogen-bond acceptors (Lipinski definition) is 6. The maximum Gasteiger partial charge on any atom is 0.573 e. The first kappa shape index (κ1) is 24.9. The number of hydrogen-bond donors (Lipinski definition) is 2. The van der Waals surface area contributed by atoms with Gasteiger partial charge in [0.1, 0.15) is 17.8 Å². The summed E-state index contributed by atoms with van der Waals surface area (Å²) >= 11 is 6.08. The molecular formula is C22H19ClF3N3O5. The lowest BCUT2D eigenvalue weighted by Gasteiger charge is -2.10. The van der Waals surface area contributed by atoms with Crippen molar-refractivity contribution >= 4 is 23.4 Å². The van der Waals surface area contributed by atoms with Crippen LogP contribution in [0.2, 0.25) is 5.02 Å². The molecule has 180 valence electrons. The van der Waals surface area contributed by atoms with E-state index in [9.17, 15) is 22.8 Å². The molecule has 3 aromatic rings. The maximum absolute atomic E-state index is 12.2. The molecular weight excluding hydrogens is 479 g/mol. The van der Waals surface area contributed by atoms with Crippen molar-refractivity contribution in [3.05, 3.63) is 77.0 Å². The number of alkyl halides is 3. The van der Waals surface area contributed by atoms with Crippen molar-refractivity contribution in [2.75, 3.05) is 13.2 Å². The SMILES string of the molecule is O=C(COc1ccc(OC(F)(F)F)cc1)NCc1nc(C(=O)NCCc2ccccc2Cl)co1. The Morgan fingerprint density at radius 3 is 2.44 bits per heavy atom. The highest BCUT2D eigenvalue weighted by molar-refractivity contribution is 6.31. The van der Waals surface area contributed by atoms with Crippen molar-refractivity contribution in [3.8, 4) is 11.5 Å². The van der Waals surface area contributed by atoms with Crippen LogP contribution in [0.5, 0.6) is 11.5 Å². The molecule has 0 spiro atoms. The van der Waals surface area contributed by atoms with Crippen LogP contribution in [0.15, 0.2) is 59.2 Å². The Morgan fingerprint density at radius 1 is 1.03 bits per heavy atom. The first-order valence-electron chi connectivity index (χ1n) is 9.91. The van der Waals surface area contributed by atoms with E-state index in [-0.39, 0.29) is 23.9 Å². The van der Waals surface area contributed by atoms with Gasteiger partial charge in [-0.1, -0.05) is 29.8 Å². The maximum atomic E-state index is 12.2. The molecule has 0 fully saturated rings. The minimum atomic E-state index is -4.79. The van der Waals surface area contributed by atoms with Gasteiger partial charge in [0.25, 0.3) is 11.8 Å². The highest BCUT2D eigenvalue weighted by Gasteiger charge is 2.31. The molecule has 2 amide bonds. The fourth-order valence-corrected chi connectivity index (χ4v) is 2.94. The molecule has 8 nitrogen and oxygen atoms in total. The number of nitrogens with one attached hydrogen (secondary N) is 2. The van der Waals surface area contributed by atoms with E-state index in [4.69, 9.17) is 20.8 Å². The third kappa shape index (κ3) is 8.00. The van der Waals surface area contributed by atoms with Gasteiger partial charge in [0.2, 0.25) is 5.89 Å². The normalized spacial score (nSPS) is 11.1. The van der Waals surface area contributed by atoms with Crippen LogP contribution in [-0.2, 0) is 17.8 Å². The Hall–Kier alpha value is -3.73. The third-order valence-electron chi connectivity index (χ3n) is 4.29. The molecule has 0 atom stereocenters. The second-order valence-electron chi connectivity index (χ2n) is 6.81. The van der Waals surface area contributed by atoms with Gasteiger partial charge in [-0.3, -0.25) is 9.59 Å². The van der Waals surface area contributed by atoms with Crippen LogP contribution in [0.4, 0.5) is 13.2 Å². The number of amides is 2. The van der Waals surface area contributed by atoms with E-state index in [2.05, 4.69) is 20.4 Å². The topological polar surface area (TPSA) is 103 Å². The highest BCUT2D eigenvalue weighted by Crippen LogP contribution is 2.24. The number of aromatic nitrogens is 1. The minimum absolute atomic E-state index is 0.0563. The summed E-state index contributed by atoms with van der Waals surface area (Å²) in [7, 11) is 0. The van der Waals surface area contributed by atoms with E-state index in [1.807, 2.05) is 18.2 Å². The van der Waals surface area contributed by atoms with Crippen LogP contribution in [0.1, 0.15) is 21.9 Å². The molecule has 34 heavy (non-hydrogen) atoms. The fourth-order valence-electron chi connectivity index (χ4n) is 2.71. The van der Waals surface area contributed by atoms with Crippen LogP contribution < -0.4 is 20.1 Å². The van der Waals surface area contributed by atoms with E-state index in [0.29, 0.717) is 18.0 Å². The Balaban J connectivity index is 1.38. The van der Waals surface area contributed by atoms with Gasteiger partial charge in [-0.05, 0) is 42.3 Å². The van der Waals surface area contributed by atoms with Crippen molar-refractivity contribution in [3.63, 3.8) is 0 Å². The molecule has 0 saturated carbocycles. The van der Waals surface area contributed by atoms with Gasteiger partial charge in [0.15, 0.2) is 12.3 Å². The number of oxazole rings is 1. The average molecular weight is 498 g/mol. The Morgan fingerprint density at radius 2 is 1.74 bits per heavy atom. The zero-order valence-corrected chi connectivity index (χ0v) is 18.3. The smallest absolute Gasteiger partial charge is 0.484 e. The van der Waals surface area contributed by atoms with Crippen LogP contribution in [0.3, 0.4) is 0 Å². The fraction of sp³-hybridized carbons (Fsp3) is 0.227. The standard InChI is InChI=1S/C22H19ClF3N3O5/c23-17-4-2-1-3-14(17)9-10-27-21(31)18-12-33-20(29-18)11-28-19(30)13-32-15-5-7-16(8-6-15)34-22(24,25)26/h1-8,12H,9-11,13H2,(H,27,31)(H,28,30). The minimum Gasteiger partial charge on any atom is -0.484 e. The Bertz CT molecular complexity index is 1120. The first-order valence-corrected chi connectivity index (χ1v) is 10.3. The van der Waals surface area contributed by atoms with Gasteiger partial charge in [-0.25, -0.2) is 4.98 Å². The summed E-state index contributed by atoms with van der Waals surface area (Å²) in [5.41, 5.74) is 0.960. The summed E-state index contributed by atoms with van der Waals surface area (Å²) < 4.78 is 50.6. The summed E-state index contributed by atoms with van der Waals surface area (Å²) in [6, 6.07) is 11.9. The van der Waals surface area contributed by atoms with Crippen molar-refractivity contribution in [1.82, 2.24) is 15.6 Å². The van der Waals surface area contributed by atoms with Crippen LogP contribution in [0, 0.1) is 0 Å². The number of benzene rings is 2. The van der Waals surface area contributed by atoms with E-state index in [0.717, 1.165) is 17.7 Å². The number of ether oxygens (including phenoxy) is 2.